The van der Waals surface area contributed by atoms with Crippen LogP contribution in [0, 0.1) is 13.8 Å². The molecule has 1 aromatic carbocycles. The zero-order valence-electron chi connectivity index (χ0n) is 12.6. The number of pyridine rings is 1. The predicted molar refractivity (Wildman–Crippen MR) is 89.2 cm³/mol. The molecular weight excluding hydrogens is 274 g/mol. The maximum atomic E-state index is 10.9. The number of carbonyl (C=O) groups excluding carboxylic acids is 1. The number of fused-ring (bicyclic) bond motifs is 1. The van der Waals surface area contributed by atoms with Crippen molar-refractivity contribution in [2.45, 2.75) is 13.8 Å². The van der Waals surface area contributed by atoms with Crippen LogP contribution in [0.15, 0.2) is 42.7 Å². The second-order valence-corrected chi connectivity index (χ2v) is 5.40. The van der Waals surface area contributed by atoms with Gasteiger partial charge in [-0.25, -0.2) is 4.98 Å². The second kappa shape index (κ2) is 5.48. The van der Waals surface area contributed by atoms with Crippen LogP contribution in [0.5, 0.6) is 0 Å². The van der Waals surface area contributed by atoms with Crippen molar-refractivity contribution in [2.75, 3.05) is 0 Å². The van der Waals surface area contributed by atoms with Crippen LogP contribution in [0.1, 0.15) is 16.7 Å². The number of primary amides is 1. The molecule has 2 aromatic heterocycles. The fraction of sp³-hybridized carbons (Fsp3) is 0.111. The minimum Gasteiger partial charge on any atom is -0.366 e. The highest BCUT2D eigenvalue weighted by Crippen LogP contribution is 2.26. The van der Waals surface area contributed by atoms with Crippen molar-refractivity contribution >= 4 is 23.0 Å². The number of nitrogens with one attached hydrogen (secondary N) is 1. The molecule has 0 atom stereocenters. The van der Waals surface area contributed by atoms with Crippen molar-refractivity contribution in [2.24, 2.45) is 5.73 Å². The SMILES string of the molecule is Cc1ccc(-c2cnc3[nH]cc(/C=C/C(N)=O)c3c2)cc1C. The number of carbonyl (C=O) groups is 1. The molecule has 3 aromatic rings. The monoisotopic (exact) mass is 291 g/mol. The lowest BCUT2D eigenvalue weighted by Gasteiger charge is -2.05. The smallest absolute Gasteiger partial charge is 0.241 e. The van der Waals surface area contributed by atoms with E-state index in [1.54, 1.807) is 6.08 Å². The molecule has 0 saturated carbocycles. The van der Waals surface area contributed by atoms with Gasteiger partial charge in [0, 0.05) is 35.0 Å². The Kier molecular flexibility index (Phi) is 3.51. The number of hydrogen-bond donors (Lipinski definition) is 2. The molecule has 0 spiro atoms. The van der Waals surface area contributed by atoms with Crippen molar-refractivity contribution in [3.63, 3.8) is 0 Å². The van der Waals surface area contributed by atoms with Crippen molar-refractivity contribution in [3.05, 3.63) is 59.4 Å². The lowest BCUT2D eigenvalue weighted by Crippen LogP contribution is -2.04. The molecule has 0 saturated heterocycles. The fourth-order valence-corrected chi connectivity index (χ4v) is 2.41. The van der Waals surface area contributed by atoms with Crippen LogP contribution in [-0.2, 0) is 4.79 Å². The summed E-state index contributed by atoms with van der Waals surface area (Å²) in [7, 11) is 0. The molecule has 0 unspecified atom stereocenters. The molecule has 0 fully saturated rings. The van der Waals surface area contributed by atoms with Crippen molar-refractivity contribution < 1.29 is 4.79 Å². The fourth-order valence-electron chi connectivity index (χ4n) is 2.41. The third-order valence-corrected chi connectivity index (χ3v) is 3.83. The second-order valence-electron chi connectivity index (χ2n) is 5.40. The lowest BCUT2D eigenvalue weighted by atomic mass is 10.0. The molecule has 3 rings (SSSR count). The minimum absolute atomic E-state index is 0.465. The third kappa shape index (κ3) is 2.63. The van der Waals surface area contributed by atoms with Crippen molar-refractivity contribution in [1.82, 2.24) is 9.97 Å². The van der Waals surface area contributed by atoms with Gasteiger partial charge in [0.1, 0.15) is 5.65 Å². The molecule has 22 heavy (non-hydrogen) atoms. The van der Waals surface area contributed by atoms with Crippen LogP contribution in [0.25, 0.3) is 28.2 Å². The van der Waals surface area contributed by atoms with Gasteiger partial charge in [0.05, 0.1) is 0 Å². The molecule has 0 aliphatic carbocycles. The maximum Gasteiger partial charge on any atom is 0.241 e. The summed E-state index contributed by atoms with van der Waals surface area (Å²) >= 11 is 0. The molecule has 0 aliphatic rings. The predicted octanol–water partition coefficient (Wildman–Crippen LogP) is 3.35. The Hall–Kier alpha value is -2.88. The molecule has 0 radical (unpaired) electrons. The summed E-state index contributed by atoms with van der Waals surface area (Å²) in [6.45, 7) is 4.20. The number of aromatic amines is 1. The molecule has 110 valence electrons. The van der Waals surface area contributed by atoms with Gasteiger partial charge >= 0.3 is 0 Å². The van der Waals surface area contributed by atoms with Gasteiger partial charge in [0.2, 0.25) is 5.91 Å². The first-order valence-corrected chi connectivity index (χ1v) is 7.07. The van der Waals surface area contributed by atoms with Crippen molar-refractivity contribution in [3.8, 4) is 11.1 Å². The molecule has 0 bridgehead atoms. The third-order valence-electron chi connectivity index (χ3n) is 3.83. The van der Waals surface area contributed by atoms with E-state index < -0.39 is 5.91 Å². The molecule has 3 N–H and O–H groups in total. The van der Waals surface area contributed by atoms with Crippen LogP contribution in [0.4, 0.5) is 0 Å². The van der Waals surface area contributed by atoms with Crippen LogP contribution >= 0.6 is 0 Å². The van der Waals surface area contributed by atoms with Crippen LogP contribution < -0.4 is 5.73 Å². The van der Waals surface area contributed by atoms with Gasteiger partial charge in [-0.2, -0.15) is 0 Å². The molecule has 2 heterocycles. The summed E-state index contributed by atoms with van der Waals surface area (Å²) < 4.78 is 0. The largest absolute Gasteiger partial charge is 0.366 e. The molecule has 1 amide bonds. The topological polar surface area (TPSA) is 71.8 Å². The zero-order chi connectivity index (χ0) is 15.7. The van der Waals surface area contributed by atoms with E-state index in [1.165, 1.54) is 17.2 Å². The summed E-state index contributed by atoms with van der Waals surface area (Å²) in [6.07, 6.45) is 6.73. The van der Waals surface area contributed by atoms with Gasteiger partial charge in [-0.3, -0.25) is 4.79 Å². The summed E-state index contributed by atoms with van der Waals surface area (Å²) in [5, 5.41) is 0.966. The molecular formula is C18H17N3O. The number of rotatable bonds is 3. The summed E-state index contributed by atoms with van der Waals surface area (Å²) in [5.74, 6) is -0.465. The highest BCUT2D eigenvalue weighted by molar-refractivity contribution is 5.95. The van der Waals surface area contributed by atoms with Crippen LogP contribution in [-0.4, -0.2) is 15.9 Å². The van der Waals surface area contributed by atoms with E-state index >= 15 is 0 Å². The number of nitrogens with zero attached hydrogens (tertiary/aromatic N) is 1. The van der Waals surface area contributed by atoms with E-state index in [0.29, 0.717) is 0 Å². The highest BCUT2D eigenvalue weighted by Gasteiger charge is 2.06. The Morgan fingerprint density at radius 1 is 1.18 bits per heavy atom. The number of benzene rings is 1. The average Bonchev–Trinajstić information content (AvgIpc) is 2.90. The summed E-state index contributed by atoms with van der Waals surface area (Å²) in [5.41, 5.74) is 11.5. The van der Waals surface area contributed by atoms with E-state index in [2.05, 4.69) is 48.1 Å². The number of nitrogens with two attached hydrogens (primary N) is 1. The maximum absolute atomic E-state index is 10.9. The van der Waals surface area contributed by atoms with Gasteiger partial charge in [0.15, 0.2) is 0 Å². The first kappa shape index (κ1) is 14.1. The molecule has 4 nitrogen and oxygen atoms in total. The van der Waals surface area contributed by atoms with Gasteiger partial charge < -0.3 is 10.7 Å². The van der Waals surface area contributed by atoms with E-state index in [9.17, 15) is 4.79 Å². The van der Waals surface area contributed by atoms with E-state index in [-0.39, 0.29) is 0 Å². The minimum atomic E-state index is -0.465. The first-order chi connectivity index (χ1) is 10.5. The highest BCUT2D eigenvalue weighted by atomic mass is 16.1. The zero-order valence-corrected chi connectivity index (χ0v) is 12.6. The number of hydrogen-bond acceptors (Lipinski definition) is 2. The Bertz CT molecular complexity index is 890. The Balaban J connectivity index is 2.10. The summed E-state index contributed by atoms with van der Waals surface area (Å²) in [4.78, 5) is 18.4. The van der Waals surface area contributed by atoms with Gasteiger partial charge in [0.25, 0.3) is 0 Å². The van der Waals surface area contributed by atoms with Crippen molar-refractivity contribution in [1.29, 1.82) is 0 Å². The Morgan fingerprint density at radius 2 is 2.00 bits per heavy atom. The molecule has 4 heteroatoms. The van der Waals surface area contributed by atoms with E-state index in [4.69, 9.17) is 5.73 Å². The Morgan fingerprint density at radius 3 is 2.73 bits per heavy atom. The van der Waals surface area contributed by atoms with E-state index in [1.807, 2.05) is 12.4 Å². The number of aryl methyl sites for hydroxylation is 2. The standard InChI is InChI=1S/C18H17N3O/c1-11-3-4-13(7-12(11)2)15-8-16-14(5-6-17(19)22)9-20-18(16)21-10-15/h3-10H,1-2H3,(H2,19,22)(H,20,21)/b6-5+. The molecule has 0 aliphatic heterocycles. The Labute approximate surface area is 128 Å². The first-order valence-electron chi connectivity index (χ1n) is 7.07. The summed E-state index contributed by atoms with van der Waals surface area (Å²) in [6, 6.07) is 8.43. The number of aromatic nitrogens is 2. The quantitative estimate of drug-likeness (QED) is 0.726. The lowest BCUT2D eigenvalue weighted by molar-refractivity contribution is -0.113. The van der Waals surface area contributed by atoms with Gasteiger partial charge in [-0.15, -0.1) is 0 Å². The van der Waals surface area contributed by atoms with Crippen LogP contribution in [0.3, 0.4) is 0 Å². The number of H-pyrrole nitrogens is 1. The van der Waals surface area contributed by atoms with Gasteiger partial charge in [-0.1, -0.05) is 18.2 Å². The normalized spacial score (nSPS) is 11.4. The van der Waals surface area contributed by atoms with Gasteiger partial charge in [-0.05, 0) is 42.7 Å². The number of amides is 1. The average molecular weight is 291 g/mol. The van der Waals surface area contributed by atoms with Crippen LogP contribution in [0.2, 0.25) is 0 Å². The van der Waals surface area contributed by atoms with E-state index in [0.717, 1.165) is 27.7 Å².